The Kier molecular flexibility index (Phi) is 4.93. The number of hydrogen-bond acceptors (Lipinski definition) is 4. The van der Waals surface area contributed by atoms with Crippen LogP contribution in [0.25, 0.3) is 0 Å². The number of nitrogens with zero attached hydrogens (tertiary/aromatic N) is 1. The number of anilines is 2. The fourth-order valence-corrected chi connectivity index (χ4v) is 2.27. The van der Waals surface area contributed by atoms with E-state index in [2.05, 4.69) is 10.6 Å². The van der Waals surface area contributed by atoms with Crippen molar-refractivity contribution in [2.75, 3.05) is 10.6 Å². The zero-order chi connectivity index (χ0) is 17.9. The van der Waals surface area contributed by atoms with E-state index in [1.807, 2.05) is 0 Å². The van der Waals surface area contributed by atoms with Gasteiger partial charge in [0.25, 0.3) is 11.6 Å². The number of carbonyl (C=O) groups is 2. The summed E-state index contributed by atoms with van der Waals surface area (Å²) in [7, 11) is 0. The van der Waals surface area contributed by atoms with E-state index in [0.29, 0.717) is 11.4 Å². The Hall–Kier alpha value is -3.22. The van der Waals surface area contributed by atoms with Gasteiger partial charge in [-0.25, -0.2) is 0 Å². The third kappa shape index (κ3) is 3.95. The number of rotatable bonds is 4. The number of nitro groups is 1. The van der Waals surface area contributed by atoms with Gasteiger partial charge in [-0.2, -0.15) is 0 Å². The second kappa shape index (κ2) is 6.91. The molecule has 0 atom stereocenters. The molecule has 0 fully saturated rings. The molecular formula is C17H17N3O4. The molecule has 2 N–H and O–H groups in total. The minimum absolute atomic E-state index is 0.00494. The molecule has 0 bridgehead atoms. The second-order valence-electron chi connectivity index (χ2n) is 5.44. The van der Waals surface area contributed by atoms with Crippen molar-refractivity contribution in [3.63, 3.8) is 0 Å². The van der Waals surface area contributed by atoms with Crippen LogP contribution < -0.4 is 10.6 Å². The number of benzene rings is 2. The molecule has 7 heteroatoms. The lowest BCUT2D eigenvalue weighted by Gasteiger charge is -2.11. The summed E-state index contributed by atoms with van der Waals surface area (Å²) in [6.07, 6.45) is 0. The molecule has 2 amide bonds. The van der Waals surface area contributed by atoms with Gasteiger partial charge in [0.05, 0.1) is 4.92 Å². The topological polar surface area (TPSA) is 101 Å². The van der Waals surface area contributed by atoms with Crippen LogP contribution in [0.1, 0.15) is 28.4 Å². The van der Waals surface area contributed by atoms with Crippen LogP contribution in [0.5, 0.6) is 0 Å². The highest BCUT2D eigenvalue weighted by Crippen LogP contribution is 2.24. The van der Waals surface area contributed by atoms with E-state index in [0.717, 1.165) is 11.1 Å². The van der Waals surface area contributed by atoms with E-state index in [1.54, 1.807) is 38.1 Å². The maximum absolute atomic E-state index is 12.4. The van der Waals surface area contributed by atoms with Crippen molar-refractivity contribution in [2.24, 2.45) is 0 Å². The van der Waals surface area contributed by atoms with Crippen molar-refractivity contribution in [1.29, 1.82) is 0 Å². The lowest BCUT2D eigenvalue weighted by molar-refractivity contribution is -0.385. The lowest BCUT2D eigenvalue weighted by Crippen LogP contribution is -2.15. The van der Waals surface area contributed by atoms with Gasteiger partial charge in [-0.1, -0.05) is 6.07 Å². The number of carbonyl (C=O) groups excluding carboxylic acids is 2. The van der Waals surface area contributed by atoms with Gasteiger partial charge in [-0.15, -0.1) is 0 Å². The zero-order valence-corrected chi connectivity index (χ0v) is 13.5. The molecule has 0 saturated heterocycles. The van der Waals surface area contributed by atoms with Crippen LogP contribution in [0.15, 0.2) is 36.4 Å². The molecule has 0 unspecified atom stereocenters. The lowest BCUT2D eigenvalue weighted by atomic mass is 10.1. The largest absolute Gasteiger partial charge is 0.326 e. The standard InChI is InChI=1S/C17H17N3O4/c1-10-4-7-16(20(23)24)14(8-10)17(22)19-15-6-5-13(9-11(15)2)18-12(3)21/h4-9H,1-3H3,(H,18,21)(H,19,22). The first-order valence-corrected chi connectivity index (χ1v) is 7.22. The van der Waals surface area contributed by atoms with Gasteiger partial charge in [0, 0.05) is 24.4 Å². The normalized spacial score (nSPS) is 10.1. The Bertz CT molecular complexity index is 831. The van der Waals surface area contributed by atoms with Crippen molar-refractivity contribution in [2.45, 2.75) is 20.8 Å². The molecule has 0 spiro atoms. The molecule has 0 saturated carbocycles. The molecular weight excluding hydrogens is 310 g/mol. The highest BCUT2D eigenvalue weighted by Gasteiger charge is 2.20. The Morgan fingerprint density at radius 3 is 2.33 bits per heavy atom. The molecule has 2 rings (SSSR count). The molecule has 0 heterocycles. The maximum atomic E-state index is 12.4. The summed E-state index contributed by atoms with van der Waals surface area (Å²) in [6.45, 7) is 4.93. The highest BCUT2D eigenvalue weighted by molar-refractivity contribution is 6.07. The van der Waals surface area contributed by atoms with E-state index in [1.165, 1.54) is 19.1 Å². The summed E-state index contributed by atoms with van der Waals surface area (Å²) in [6, 6.07) is 9.38. The van der Waals surface area contributed by atoms with Gasteiger partial charge >= 0.3 is 0 Å². The summed E-state index contributed by atoms with van der Waals surface area (Å²) in [5, 5.41) is 16.4. The predicted molar refractivity (Wildman–Crippen MR) is 91.3 cm³/mol. The summed E-state index contributed by atoms with van der Waals surface area (Å²) in [5.74, 6) is -0.748. The van der Waals surface area contributed by atoms with Crippen molar-refractivity contribution in [3.8, 4) is 0 Å². The van der Waals surface area contributed by atoms with Gasteiger partial charge in [-0.3, -0.25) is 19.7 Å². The summed E-state index contributed by atoms with van der Waals surface area (Å²) < 4.78 is 0. The smallest absolute Gasteiger partial charge is 0.282 e. The van der Waals surface area contributed by atoms with Crippen molar-refractivity contribution < 1.29 is 14.5 Å². The van der Waals surface area contributed by atoms with Crippen LogP contribution in [0.3, 0.4) is 0 Å². The molecule has 0 aliphatic carbocycles. The van der Waals surface area contributed by atoms with Crippen LogP contribution in [-0.2, 0) is 4.79 Å². The van der Waals surface area contributed by atoms with Crippen molar-refractivity contribution >= 4 is 28.9 Å². The van der Waals surface area contributed by atoms with E-state index >= 15 is 0 Å². The first kappa shape index (κ1) is 17.1. The summed E-state index contributed by atoms with van der Waals surface area (Å²) in [4.78, 5) is 34.0. The van der Waals surface area contributed by atoms with Crippen LogP contribution in [-0.4, -0.2) is 16.7 Å². The minimum atomic E-state index is -0.582. The molecule has 0 aliphatic heterocycles. The molecule has 24 heavy (non-hydrogen) atoms. The molecule has 2 aromatic rings. The van der Waals surface area contributed by atoms with Crippen LogP contribution in [0, 0.1) is 24.0 Å². The zero-order valence-electron chi connectivity index (χ0n) is 13.5. The molecule has 0 aliphatic rings. The molecule has 0 aromatic heterocycles. The third-order valence-corrected chi connectivity index (χ3v) is 3.39. The van der Waals surface area contributed by atoms with E-state index in [4.69, 9.17) is 0 Å². The number of nitrogens with one attached hydrogen (secondary N) is 2. The Balaban J connectivity index is 2.29. The second-order valence-corrected chi connectivity index (χ2v) is 5.44. The fraction of sp³-hybridized carbons (Fsp3) is 0.176. The molecule has 7 nitrogen and oxygen atoms in total. The quantitative estimate of drug-likeness (QED) is 0.663. The average molecular weight is 327 g/mol. The van der Waals surface area contributed by atoms with Gasteiger partial charge in [0.2, 0.25) is 5.91 Å². The third-order valence-electron chi connectivity index (χ3n) is 3.39. The van der Waals surface area contributed by atoms with E-state index < -0.39 is 10.8 Å². The summed E-state index contributed by atoms with van der Waals surface area (Å²) >= 11 is 0. The SMILES string of the molecule is CC(=O)Nc1ccc(NC(=O)c2cc(C)ccc2[N+](=O)[O-])c(C)c1. The van der Waals surface area contributed by atoms with Crippen molar-refractivity contribution in [3.05, 3.63) is 63.2 Å². The number of hydrogen-bond donors (Lipinski definition) is 2. The van der Waals surface area contributed by atoms with Crippen molar-refractivity contribution in [1.82, 2.24) is 0 Å². The minimum Gasteiger partial charge on any atom is -0.326 e. The van der Waals surface area contributed by atoms with E-state index in [-0.39, 0.29) is 17.2 Å². The summed E-state index contributed by atoms with van der Waals surface area (Å²) in [5.41, 5.74) is 2.37. The predicted octanol–water partition coefficient (Wildman–Crippen LogP) is 3.42. The fourth-order valence-electron chi connectivity index (χ4n) is 2.27. The monoisotopic (exact) mass is 327 g/mol. The molecule has 2 aromatic carbocycles. The number of nitro benzene ring substituents is 1. The van der Waals surface area contributed by atoms with Crippen LogP contribution in [0.2, 0.25) is 0 Å². The van der Waals surface area contributed by atoms with Gasteiger partial charge in [0.15, 0.2) is 0 Å². The van der Waals surface area contributed by atoms with Crippen LogP contribution in [0.4, 0.5) is 17.1 Å². The number of aryl methyl sites for hydroxylation is 2. The first-order valence-electron chi connectivity index (χ1n) is 7.22. The number of amides is 2. The van der Waals surface area contributed by atoms with Gasteiger partial charge in [-0.05, 0) is 49.2 Å². The van der Waals surface area contributed by atoms with Crippen LogP contribution >= 0.6 is 0 Å². The Labute approximate surface area is 138 Å². The Morgan fingerprint density at radius 2 is 1.75 bits per heavy atom. The molecule has 0 radical (unpaired) electrons. The molecule has 124 valence electrons. The van der Waals surface area contributed by atoms with Gasteiger partial charge in [0.1, 0.15) is 5.56 Å². The first-order chi connectivity index (χ1) is 11.3. The average Bonchev–Trinajstić information content (AvgIpc) is 2.48. The maximum Gasteiger partial charge on any atom is 0.282 e. The Morgan fingerprint density at radius 1 is 1.04 bits per heavy atom. The van der Waals surface area contributed by atoms with E-state index in [9.17, 15) is 19.7 Å². The van der Waals surface area contributed by atoms with Gasteiger partial charge < -0.3 is 10.6 Å². The highest BCUT2D eigenvalue weighted by atomic mass is 16.6.